The van der Waals surface area contributed by atoms with Gasteiger partial charge in [0.15, 0.2) is 0 Å². The number of nitrogens with zero attached hydrogens (tertiary/aromatic N) is 5. The van der Waals surface area contributed by atoms with Crippen LogP contribution in [-0.4, -0.2) is 58.3 Å². The number of pyridine rings is 2. The molecule has 1 aliphatic rings. The molecule has 0 aromatic carbocycles. The van der Waals surface area contributed by atoms with Crippen LogP contribution < -0.4 is 15.5 Å². The van der Waals surface area contributed by atoms with Crippen LogP contribution in [0.4, 0.5) is 30.4 Å². The molecule has 0 atom stereocenters. The standard InChI is InChI=1S/C23H25F3N8/c1-15(17-10-18(12-27-11-17)23(24,25)26)31-20-14-29-32-22(20)16(2)30-19-4-5-21(28-13-19)34-8-6-33(3)7-9-34/h4-5,10-14,30-31H,1-2,6-9H2,3H3,(H,29,32). The first-order valence-corrected chi connectivity index (χ1v) is 10.6. The number of hydrogen-bond donors (Lipinski definition) is 3. The van der Waals surface area contributed by atoms with Crippen LogP contribution in [-0.2, 0) is 6.18 Å². The van der Waals surface area contributed by atoms with Gasteiger partial charge in [0.2, 0.25) is 0 Å². The van der Waals surface area contributed by atoms with Gasteiger partial charge in [0.25, 0.3) is 0 Å². The Morgan fingerprint density at radius 3 is 2.44 bits per heavy atom. The molecular formula is C23H25F3N8. The molecule has 178 valence electrons. The monoisotopic (exact) mass is 470 g/mol. The maximum absolute atomic E-state index is 13.0. The van der Waals surface area contributed by atoms with Crippen molar-refractivity contribution >= 4 is 28.6 Å². The number of anilines is 3. The molecule has 4 heterocycles. The first-order valence-electron chi connectivity index (χ1n) is 10.6. The third-order valence-corrected chi connectivity index (χ3v) is 5.51. The minimum Gasteiger partial charge on any atom is -0.354 e. The number of rotatable bonds is 7. The van der Waals surface area contributed by atoms with Crippen LogP contribution in [0.5, 0.6) is 0 Å². The average molecular weight is 471 g/mol. The molecule has 1 fully saturated rings. The summed E-state index contributed by atoms with van der Waals surface area (Å²) in [5.41, 5.74) is 1.88. The smallest absolute Gasteiger partial charge is 0.354 e. The summed E-state index contributed by atoms with van der Waals surface area (Å²) in [4.78, 5) is 12.7. The lowest BCUT2D eigenvalue weighted by atomic mass is 10.1. The van der Waals surface area contributed by atoms with E-state index in [0.717, 1.165) is 49.9 Å². The van der Waals surface area contributed by atoms with Gasteiger partial charge in [-0.25, -0.2) is 4.98 Å². The van der Waals surface area contributed by atoms with Crippen LogP contribution >= 0.6 is 0 Å². The number of halogens is 3. The van der Waals surface area contributed by atoms with E-state index in [1.54, 1.807) is 6.20 Å². The fourth-order valence-corrected chi connectivity index (χ4v) is 3.53. The second-order valence-corrected chi connectivity index (χ2v) is 8.02. The highest BCUT2D eigenvalue weighted by Gasteiger charge is 2.31. The molecule has 4 rings (SSSR count). The summed E-state index contributed by atoms with van der Waals surface area (Å²) in [6.07, 6.45) is 0.828. The van der Waals surface area contributed by atoms with Crippen LogP contribution in [0, 0.1) is 0 Å². The number of aromatic nitrogens is 4. The first kappa shape index (κ1) is 23.3. The second-order valence-electron chi connectivity index (χ2n) is 8.02. The summed E-state index contributed by atoms with van der Waals surface area (Å²) in [6.45, 7) is 11.7. The molecule has 3 N–H and O–H groups in total. The SMILES string of the molecule is C=C(Nc1cn[nH]c1C(=C)Nc1ccc(N2CCN(C)CC2)nc1)c1cncc(C(F)(F)F)c1. The number of H-pyrrole nitrogens is 1. The fraction of sp³-hybridized carbons (Fsp3) is 0.261. The normalized spacial score (nSPS) is 14.6. The van der Waals surface area contributed by atoms with Crippen molar-refractivity contribution in [1.29, 1.82) is 0 Å². The Hall–Kier alpha value is -3.86. The van der Waals surface area contributed by atoms with E-state index < -0.39 is 11.7 Å². The molecule has 0 radical (unpaired) electrons. The van der Waals surface area contributed by atoms with Gasteiger partial charge in [-0.05, 0) is 25.2 Å². The molecule has 0 unspecified atom stereocenters. The predicted molar refractivity (Wildman–Crippen MR) is 127 cm³/mol. The van der Waals surface area contributed by atoms with Crippen molar-refractivity contribution in [2.45, 2.75) is 6.18 Å². The maximum Gasteiger partial charge on any atom is 0.417 e. The molecular weight excluding hydrogens is 445 g/mol. The summed E-state index contributed by atoms with van der Waals surface area (Å²) in [5.74, 6) is 0.916. The summed E-state index contributed by atoms with van der Waals surface area (Å²) < 4.78 is 39.0. The Morgan fingerprint density at radius 2 is 1.76 bits per heavy atom. The van der Waals surface area contributed by atoms with Crippen LogP contribution in [0.2, 0.25) is 0 Å². The number of aromatic amines is 1. The number of hydrogen-bond acceptors (Lipinski definition) is 7. The van der Waals surface area contributed by atoms with Gasteiger partial charge in [-0.1, -0.05) is 13.2 Å². The van der Waals surface area contributed by atoms with Gasteiger partial charge < -0.3 is 20.4 Å². The molecule has 3 aromatic rings. The van der Waals surface area contributed by atoms with Gasteiger partial charge in [0.1, 0.15) is 11.5 Å². The zero-order valence-electron chi connectivity index (χ0n) is 18.7. The lowest BCUT2D eigenvalue weighted by Gasteiger charge is -2.33. The van der Waals surface area contributed by atoms with Crippen molar-refractivity contribution in [2.24, 2.45) is 0 Å². The molecule has 0 saturated carbocycles. The van der Waals surface area contributed by atoms with Crippen LogP contribution in [0.1, 0.15) is 16.8 Å². The van der Waals surface area contributed by atoms with E-state index in [-0.39, 0.29) is 11.3 Å². The van der Waals surface area contributed by atoms with E-state index >= 15 is 0 Å². The van der Waals surface area contributed by atoms with E-state index in [9.17, 15) is 13.2 Å². The molecule has 1 aliphatic heterocycles. The maximum atomic E-state index is 13.0. The van der Waals surface area contributed by atoms with Crippen molar-refractivity contribution in [1.82, 2.24) is 25.1 Å². The van der Waals surface area contributed by atoms with Crippen LogP contribution in [0.3, 0.4) is 0 Å². The molecule has 11 heteroatoms. The van der Waals surface area contributed by atoms with Crippen molar-refractivity contribution in [3.05, 3.63) is 73.0 Å². The summed E-state index contributed by atoms with van der Waals surface area (Å²) in [5, 5.41) is 13.0. The lowest BCUT2D eigenvalue weighted by Crippen LogP contribution is -2.44. The first-order chi connectivity index (χ1) is 16.2. The predicted octanol–water partition coefficient (Wildman–Crippen LogP) is 4.14. The van der Waals surface area contributed by atoms with Crippen molar-refractivity contribution in [2.75, 3.05) is 48.8 Å². The number of alkyl halides is 3. The van der Waals surface area contributed by atoms with E-state index in [1.165, 1.54) is 12.4 Å². The van der Waals surface area contributed by atoms with Gasteiger partial charge in [0.05, 0.1) is 35.0 Å². The molecule has 8 nitrogen and oxygen atoms in total. The Labute approximate surface area is 195 Å². The zero-order valence-corrected chi connectivity index (χ0v) is 18.7. The van der Waals surface area contributed by atoms with Gasteiger partial charge in [-0.3, -0.25) is 10.1 Å². The minimum atomic E-state index is -4.49. The van der Waals surface area contributed by atoms with Gasteiger partial charge in [-0.2, -0.15) is 18.3 Å². The molecule has 1 saturated heterocycles. The van der Waals surface area contributed by atoms with E-state index in [0.29, 0.717) is 17.1 Å². The summed E-state index contributed by atoms with van der Waals surface area (Å²) >= 11 is 0. The fourth-order valence-electron chi connectivity index (χ4n) is 3.53. The second kappa shape index (κ2) is 9.56. The van der Waals surface area contributed by atoms with Crippen LogP contribution in [0.25, 0.3) is 11.4 Å². The largest absolute Gasteiger partial charge is 0.417 e. The molecule has 34 heavy (non-hydrogen) atoms. The topological polar surface area (TPSA) is 85.0 Å². The van der Waals surface area contributed by atoms with E-state index in [2.05, 4.69) is 60.8 Å². The Balaban J connectivity index is 1.41. The molecule has 0 bridgehead atoms. The zero-order chi connectivity index (χ0) is 24.3. The number of nitrogens with one attached hydrogen (secondary N) is 3. The quantitative estimate of drug-likeness (QED) is 0.479. The highest BCUT2D eigenvalue weighted by molar-refractivity contribution is 5.84. The Kier molecular flexibility index (Phi) is 6.55. The van der Waals surface area contributed by atoms with Crippen LogP contribution in [0.15, 0.2) is 56.1 Å². The Bertz CT molecular complexity index is 1160. The van der Waals surface area contributed by atoms with Crippen molar-refractivity contribution in [3.8, 4) is 0 Å². The number of likely N-dealkylation sites (N-methyl/N-ethyl adjacent to an activating group) is 1. The number of piperazine rings is 1. The summed E-state index contributed by atoms with van der Waals surface area (Å²) in [7, 11) is 2.10. The lowest BCUT2D eigenvalue weighted by molar-refractivity contribution is -0.137. The van der Waals surface area contributed by atoms with Crippen molar-refractivity contribution in [3.63, 3.8) is 0 Å². The van der Waals surface area contributed by atoms with E-state index in [1.807, 2.05) is 12.1 Å². The average Bonchev–Trinajstić information content (AvgIpc) is 3.28. The molecule has 3 aromatic heterocycles. The highest BCUT2D eigenvalue weighted by atomic mass is 19.4. The summed E-state index contributed by atoms with van der Waals surface area (Å²) in [6, 6.07) is 4.86. The molecule has 0 aliphatic carbocycles. The van der Waals surface area contributed by atoms with Crippen molar-refractivity contribution < 1.29 is 13.2 Å². The Morgan fingerprint density at radius 1 is 1.00 bits per heavy atom. The highest BCUT2D eigenvalue weighted by Crippen LogP contribution is 2.31. The third kappa shape index (κ3) is 5.37. The van der Waals surface area contributed by atoms with Gasteiger partial charge >= 0.3 is 6.18 Å². The minimum absolute atomic E-state index is 0.212. The third-order valence-electron chi connectivity index (χ3n) is 5.51. The molecule has 0 amide bonds. The van der Waals surface area contributed by atoms with E-state index in [4.69, 9.17) is 0 Å². The molecule has 0 spiro atoms. The van der Waals surface area contributed by atoms with Gasteiger partial charge in [0, 0.05) is 49.8 Å². The van der Waals surface area contributed by atoms with Gasteiger partial charge in [-0.15, -0.1) is 0 Å².